The zero-order valence-corrected chi connectivity index (χ0v) is 16.5. The van der Waals surface area contributed by atoms with Crippen LogP contribution in [0.1, 0.15) is 42.8 Å². The number of aromatic nitrogens is 1. The summed E-state index contributed by atoms with van der Waals surface area (Å²) in [6.45, 7) is 6.07. The third-order valence-electron chi connectivity index (χ3n) is 4.66. The van der Waals surface area contributed by atoms with Crippen molar-refractivity contribution in [1.82, 2.24) is 4.98 Å². The zero-order chi connectivity index (χ0) is 21.0. The molecule has 0 radical (unpaired) electrons. The van der Waals surface area contributed by atoms with Gasteiger partial charge < -0.3 is 9.15 Å². The molecule has 6 heteroatoms. The predicted octanol–water partition coefficient (Wildman–Crippen LogP) is 7.06. The summed E-state index contributed by atoms with van der Waals surface area (Å²) in [6.07, 6.45) is -1.36. The normalized spacial score (nSPS) is 12.3. The molecule has 0 aliphatic rings. The number of halogens is 3. The molecule has 0 amide bonds. The lowest BCUT2D eigenvalue weighted by molar-refractivity contribution is -0.137. The van der Waals surface area contributed by atoms with Gasteiger partial charge in [-0.15, -0.1) is 0 Å². The Labute approximate surface area is 167 Å². The van der Waals surface area contributed by atoms with Crippen molar-refractivity contribution < 1.29 is 22.3 Å². The van der Waals surface area contributed by atoms with Crippen LogP contribution in [0.25, 0.3) is 17.0 Å². The molecule has 1 heterocycles. The Morgan fingerprint density at radius 2 is 1.86 bits per heavy atom. The van der Waals surface area contributed by atoms with Gasteiger partial charge in [-0.2, -0.15) is 13.2 Å². The molecule has 0 fully saturated rings. The molecule has 2 aromatic carbocycles. The highest BCUT2D eigenvalue weighted by Crippen LogP contribution is 2.31. The van der Waals surface area contributed by atoms with Gasteiger partial charge in [0.2, 0.25) is 5.89 Å². The highest BCUT2D eigenvalue weighted by atomic mass is 19.4. The van der Waals surface area contributed by atoms with Crippen molar-refractivity contribution in [3.05, 3.63) is 77.2 Å². The maximum Gasteiger partial charge on any atom is 0.416 e. The number of alkyl halides is 3. The largest absolute Gasteiger partial charge is 0.487 e. The van der Waals surface area contributed by atoms with Crippen molar-refractivity contribution in [1.29, 1.82) is 0 Å². The number of rotatable bonds is 6. The van der Waals surface area contributed by atoms with Crippen molar-refractivity contribution in [2.45, 2.75) is 40.0 Å². The quantitative estimate of drug-likeness (QED) is 0.443. The van der Waals surface area contributed by atoms with Gasteiger partial charge in [0.1, 0.15) is 23.8 Å². The number of hydrogen-bond donors (Lipinski definition) is 0. The summed E-state index contributed by atoms with van der Waals surface area (Å²) in [5, 5.41) is 0. The molecule has 0 saturated heterocycles. The lowest BCUT2D eigenvalue weighted by Gasteiger charge is -2.08. The van der Waals surface area contributed by atoms with Gasteiger partial charge in [0.25, 0.3) is 0 Å². The highest BCUT2D eigenvalue weighted by Gasteiger charge is 2.30. The molecule has 0 spiro atoms. The van der Waals surface area contributed by atoms with Gasteiger partial charge in [0.15, 0.2) is 0 Å². The summed E-state index contributed by atoms with van der Waals surface area (Å²) in [6, 6.07) is 12.6. The van der Waals surface area contributed by atoms with E-state index in [2.05, 4.69) is 18.0 Å². The van der Waals surface area contributed by atoms with Gasteiger partial charge in [0.05, 0.1) is 5.56 Å². The van der Waals surface area contributed by atoms with Gasteiger partial charge in [-0.1, -0.05) is 25.1 Å². The number of allylic oxidation sites excluding steroid dienone is 2. The van der Waals surface area contributed by atoms with E-state index < -0.39 is 11.7 Å². The average Bonchev–Trinajstić information content (AvgIpc) is 3.08. The van der Waals surface area contributed by atoms with Crippen LogP contribution in [-0.4, -0.2) is 4.98 Å². The summed E-state index contributed by atoms with van der Waals surface area (Å²) in [5.74, 6) is 1.55. The number of oxazole rings is 1. The van der Waals surface area contributed by atoms with E-state index >= 15 is 0 Å². The van der Waals surface area contributed by atoms with E-state index in [1.54, 1.807) is 6.92 Å². The second kappa shape index (κ2) is 8.55. The second-order valence-corrected chi connectivity index (χ2v) is 6.58. The van der Waals surface area contributed by atoms with Gasteiger partial charge in [-0.05, 0) is 67.8 Å². The summed E-state index contributed by atoms with van der Waals surface area (Å²) in [5.41, 5.74) is 2.72. The number of ether oxygens (including phenoxy) is 1. The van der Waals surface area contributed by atoms with Gasteiger partial charge in [0, 0.05) is 5.56 Å². The van der Waals surface area contributed by atoms with Crippen LogP contribution in [0.4, 0.5) is 13.2 Å². The van der Waals surface area contributed by atoms with Crippen LogP contribution in [0, 0.1) is 6.92 Å². The van der Waals surface area contributed by atoms with Crippen molar-refractivity contribution in [2.75, 3.05) is 0 Å². The highest BCUT2D eigenvalue weighted by molar-refractivity contribution is 5.66. The molecule has 0 aliphatic carbocycles. The molecule has 0 saturated carbocycles. The van der Waals surface area contributed by atoms with Crippen molar-refractivity contribution in [3.8, 4) is 17.2 Å². The predicted molar refractivity (Wildman–Crippen MR) is 106 cm³/mol. The van der Waals surface area contributed by atoms with Crippen molar-refractivity contribution >= 4 is 5.57 Å². The molecular formula is C23H22F3NO2. The Morgan fingerprint density at radius 1 is 1.14 bits per heavy atom. The Morgan fingerprint density at radius 3 is 2.48 bits per heavy atom. The van der Waals surface area contributed by atoms with Crippen LogP contribution in [0.15, 0.2) is 59.0 Å². The van der Waals surface area contributed by atoms with Gasteiger partial charge >= 0.3 is 6.18 Å². The maximum atomic E-state index is 12.7. The van der Waals surface area contributed by atoms with Crippen LogP contribution >= 0.6 is 0 Å². The fraction of sp³-hybridized carbons (Fsp3) is 0.261. The first kappa shape index (κ1) is 20.7. The molecule has 3 rings (SSSR count). The third-order valence-corrected chi connectivity index (χ3v) is 4.66. The Bertz CT molecular complexity index is 1000. The monoisotopic (exact) mass is 401 g/mol. The fourth-order valence-corrected chi connectivity index (χ4v) is 3.00. The molecule has 0 bridgehead atoms. The van der Waals surface area contributed by atoms with Crippen LogP contribution in [0.5, 0.6) is 5.75 Å². The molecule has 0 atom stereocenters. The van der Waals surface area contributed by atoms with Gasteiger partial charge in [-0.3, -0.25) is 0 Å². The number of benzene rings is 2. The minimum Gasteiger partial charge on any atom is -0.487 e. The minimum atomic E-state index is -4.37. The lowest BCUT2D eigenvalue weighted by atomic mass is 10.0. The molecule has 0 N–H and O–H groups in total. The van der Waals surface area contributed by atoms with E-state index in [0.717, 1.165) is 24.1 Å². The van der Waals surface area contributed by atoms with Crippen LogP contribution in [0.2, 0.25) is 0 Å². The molecule has 0 aliphatic heterocycles. The van der Waals surface area contributed by atoms with E-state index in [-0.39, 0.29) is 12.5 Å². The number of aryl methyl sites for hydroxylation is 1. The average molecular weight is 401 g/mol. The lowest BCUT2D eigenvalue weighted by Crippen LogP contribution is -2.04. The Hall–Kier alpha value is -3.02. The van der Waals surface area contributed by atoms with Crippen molar-refractivity contribution in [2.24, 2.45) is 0 Å². The third kappa shape index (κ3) is 4.88. The first-order valence-electron chi connectivity index (χ1n) is 9.34. The molecular weight excluding hydrogens is 379 g/mol. The minimum absolute atomic E-state index is 0.205. The van der Waals surface area contributed by atoms with E-state index in [0.29, 0.717) is 22.8 Å². The standard InChI is InChI=1S/C23H22F3NO2/c1-4-16(5-2)18-7-6-8-20(13-18)28-14-21-15(3)29-22(27-21)17-9-11-19(12-10-17)23(24,25)26/h4,6-13H,5,14H2,1-3H3/b16-4+. The first-order chi connectivity index (χ1) is 13.8. The molecule has 3 nitrogen and oxygen atoms in total. The molecule has 152 valence electrons. The summed E-state index contributed by atoms with van der Waals surface area (Å²) < 4.78 is 49.6. The van der Waals surface area contributed by atoms with E-state index in [4.69, 9.17) is 9.15 Å². The van der Waals surface area contributed by atoms with E-state index in [9.17, 15) is 13.2 Å². The molecule has 3 aromatic rings. The maximum absolute atomic E-state index is 12.7. The van der Waals surface area contributed by atoms with Crippen LogP contribution < -0.4 is 4.74 Å². The molecule has 29 heavy (non-hydrogen) atoms. The smallest absolute Gasteiger partial charge is 0.416 e. The summed E-state index contributed by atoms with van der Waals surface area (Å²) in [4.78, 5) is 4.39. The number of hydrogen-bond acceptors (Lipinski definition) is 3. The van der Waals surface area contributed by atoms with Gasteiger partial charge in [-0.25, -0.2) is 4.98 Å². The first-order valence-corrected chi connectivity index (χ1v) is 9.34. The molecule has 0 unspecified atom stereocenters. The fourth-order valence-electron chi connectivity index (χ4n) is 3.00. The SMILES string of the molecule is C/C=C(\CC)c1cccc(OCc2nc(-c3ccc(C(F)(F)F)cc3)oc2C)c1. The van der Waals surface area contributed by atoms with Crippen LogP contribution in [0.3, 0.4) is 0 Å². The Kier molecular flexibility index (Phi) is 6.11. The van der Waals surface area contributed by atoms with Crippen LogP contribution in [-0.2, 0) is 12.8 Å². The summed E-state index contributed by atoms with van der Waals surface area (Å²) in [7, 11) is 0. The number of nitrogens with zero attached hydrogens (tertiary/aromatic N) is 1. The molecule has 1 aromatic heterocycles. The second-order valence-electron chi connectivity index (χ2n) is 6.58. The van der Waals surface area contributed by atoms with E-state index in [1.807, 2.05) is 31.2 Å². The topological polar surface area (TPSA) is 35.3 Å². The zero-order valence-electron chi connectivity index (χ0n) is 16.5. The van der Waals surface area contributed by atoms with Crippen molar-refractivity contribution in [3.63, 3.8) is 0 Å². The van der Waals surface area contributed by atoms with E-state index in [1.165, 1.54) is 17.7 Å². The summed E-state index contributed by atoms with van der Waals surface area (Å²) >= 11 is 0. The Balaban J connectivity index is 1.74.